The number of hydrogen-bond acceptors (Lipinski definition) is 3. The lowest BCUT2D eigenvalue weighted by Crippen LogP contribution is -2.37. The number of aliphatic hydroxyl groups excluding tert-OH is 1. The minimum atomic E-state index is -0.271. The summed E-state index contributed by atoms with van der Waals surface area (Å²) in [5.41, 5.74) is 1.73. The van der Waals surface area contributed by atoms with E-state index in [0.29, 0.717) is 18.5 Å². The lowest BCUT2D eigenvalue weighted by Gasteiger charge is -2.19. The standard InChI is InChI=1S/C16H24N2O3/c1-16(2,3)13-7-5-12(6-8-13)15(21)18-11-14(20)17-9-4-10-19/h5-8,19H,4,9-11H2,1-3H3,(H,17,20)(H,18,21). The summed E-state index contributed by atoms with van der Waals surface area (Å²) in [7, 11) is 0. The molecule has 5 nitrogen and oxygen atoms in total. The van der Waals surface area contributed by atoms with Crippen LogP contribution in [0.4, 0.5) is 0 Å². The van der Waals surface area contributed by atoms with Crippen molar-refractivity contribution in [1.29, 1.82) is 0 Å². The fraction of sp³-hybridized carbons (Fsp3) is 0.500. The Hall–Kier alpha value is -1.88. The maximum atomic E-state index is 11.9. The first kappa shape index (κ1) is 17.2. The van der Waals surface area contributed by atoms with Crippen molar-refractivity contribution in [2.24, 2.45) is 0 Å². The Kier molecular flexibility index (Phi) is 6.37. The molecule has 21 heavy (non-hydrogen) atoms. The highest BCUT2D eigenvalue weighted by Crippen LogP contribution is 2.22. The smallest absolute Gasteiger partial charge is 0.251 e. The lowest BCUT2D eigenvalue weighted by molar-refractivity contribution is -0.120. The molecule has 0 aliphatic carbocycles. The summed E-state index contributed by atoms with van der Waals surface area (Å²) < 4.78 is 0. The van der Waals surface area contributed by atoms with Gasteiger partial charge < -0.3 is 15.7 Å². The van der Waals surface area contributed by atoms with Crippen LogP contribution in [0.3, 0.4) is 0 Å². The molecule has 0 saturated heterocycles. The molecule has 2 amide bonds. The summed E-state index contributed by atoms with van der Waals surface area (Å²) in [5, 5.41) is 13.8. The molecule has 0 atom stereocenters. The highest BCUT2D eigenvalue weighted by molar-refractivity contribution is 5.96. The second kappa shape index (κ2) is 7.78. The number of amides is 2. The van der Waals surface area contributed by atoms with Crippen molar-refractivity contribution >= 4 is 11.8 Å². The van der Waals surface area contributed by atoms with Crippen molar-refractivity contribution in [1.82, 2.24) is 10.6 Å². The van der Waals surface area contributed by atoms with E-state index < -0.39 is 0 Å². The summed E-state index contributed by atoms with van der Waals surface area (Å²) >= 11 is 0. The molecule has 1 aromatic rings. The molecule has 0 aliphatic rings. The zero-order chi connectivity index (χ0) is 15.9. The minimum Gasteiger partial charge on any atom is -0.396 e. The molecule has 0 aliphatic heterocycles. The fourth-order valence-electron chi connectivity index (χ4n) is 1.75. The SMILES string of the molecule is CC(C)(C)c1ccc(C(=O)NCC(=O)NCCCO)cc1. The van der Waals surface area contributed by atoms with E-state index in [1.54, 1.807) is 12.1 Å². The van der Waals surface area contributed by atoms with Crippen molar-refractivity contribution in [3.8, 4) is 0 Å². The van der Waals surface area contributed by atoms with E-state index in [2.05, 4.69) is 31.4 Å². The molecule has 1 aromatic carbocycles. The first-order valence-electron chi connectivity index (χ1n) is 7.11. The van der Waals surface area contributed by atoms with Gasteiger partial charge in [0.25, 0.3) is 5.91 Å². The summed E-state index contributed by atoms with van der Waals surface area (Å²) in [5.74, 6) is -0.532. The molecule has 0 unspecified atom stereocenters. The number of nitrogens with one attached hydrogen (secondary N) is 2. The zero-order valence-corrected chi connectivity index (χ0v) is 12.9. The molecule has 0 heterocycles. The number of benzene rings is 1. The summed E-state index contributed by atoms with van der Waals surface area (Å²) in [6.45, 7) is 6.71. The van der Waals surface area contributed by atoms with Gasteiger partial charge in [0.15, 0.2) is 0 Å². The maximum absolute atomic E-state index is 11.9. The molecule has 0 saturated carbocycles. The number of carbonyl (C=O) groups excluding carboxylic acids is 2. The van der Waals surface area contributed by atoms with Crippen molar-refractivity contribution in [3.63, 3.8) is 0 Å². The second-order valence-corrected chi connectivity index (χ2v) is 5.94. The predicted octanol–water partition coefficient (Wildman–Crippen LogP) is 1.21. The first-order chi connectivity index (χ1) is 9.84. The van der Waals surface area contributed by atoms with Gasteiger partial charge in [0.2, 0.25) is 5.91 Å². The van der Waals surface area contributed by atoms with Crippen LogP contribution in [0.25, 0.3) is 0 Å². The van der Waals surface area contributed by atoms with E-state index in [-0.39, 0.29) is 30.4 Å². The highest BCUT2D eigenvalue weighted by Gasteiger charge is 2.14. The van der Waals surface area contributed by atoms with Crippen molar-refractivity contribution in [2.45, 2.75) is 32.6 Å². The summed E-state index contributed by atoms with van der Waals surface area (Å²) in [4.78, 5) is 23.3. The molecule has 0 aromatic heterocycles. The van der Waals surface area contributed by atoms with Gasteiger partial charge >= 0.3 is 0 Å². The van der Waals surface area contributed by atoms with Crippen LogP contribution < -0.4 is 10.6 Å². The molecule has 116 valence electrons. The van der Waals surface area contributed by atoms with Crippen LogP contribution in [0.1, 0.15) is 43.1 Å². The molecule has 0 radical (unpaired) electrons. The molecule has 3 N–H and O–H groups in total. The molecular formula is C16H24N2O3. The van der Waals surface area contributed by atoms with E-state index in [9.17, 15) is 9.59 Å². The Morgan fingerprint density at radius 2 is 1.71 bits per heavy atom. The Morgan fingerprint density at radius 1 is 1.10 bits per heavy atom. The lowest BCUT2D eigenvalue weighted by atomic mass is 9.87. The van der Waals surface area contributed by atoms with Crippen LogP contribution in [-0.4, -0.2) is 36.6 Å². The van der Waals surface area contributed by atoms with Crippen LogP contribution in [0.15, 0.2) is 24.3 Å². The van der Waals surface area contributed by atoms with Gasteiger partial charge in [-0.05, 0) is 29.5 Å². The van der Waals surface area contributed by atoms with Gasteiger partial charge in [-0.3, -0.25) is 9.59 Å². The molecule has 1 rings (SSSR count). The van der Waals surface area contributed by atoms with Gasteiger partial charge in [0, 0.05) is 18.7 Å². The summed E-state index contributed by atoms with van der Waals surface area (Å²) in [6.07, 6.45) is 0.508. The van der Waals surface area contributed by atoms with Crippen LogP contribution in [-0.2, 0) is 10.2 Å². The largest absolute Gasteiger partial charge is 0.396 e. The number of hydrogen-bond donors (Lipinski definition) is 3. The Labute approximate surface area is 125 Å². The topological polar surface area (TPSA) is 78.4 Å². The van der Waals surface area contributed by atoms with Crippen molar-refractivity contribution in [2.75, 3.05) is 19.7 Å². The van der Waals surface area contributed by atoms with Gasteiger partial charge in [-0.25, -0.2) is 0 Å². The van der Waals surface area contributed by atoms with Gasteiger partial charge in [-0.1, -0.05) is 32.9 Å². The van der Waals surface area contributed by atoms with E-state index >= 15 is 0 Å². The number of rotatable bonds is 6. The van der Waals surface area contributed by atoms with Gasteiger partial charge in [-0.15, -0.1) is 0 Å². The third-order valence-electron chi connectivity index (χ3n) is 3.08. The summed E-state index contributed by atoms with van der Waals surface area (Å²) in [6, 6.07) is 7.38. The minimum absolute atomic E-state index is 0.0345. The Bertz CT molecular complexity index is 475. The highest BCUT2D eigenvalue weighted by atomic mass is 16.3. The Morgan fingerprint density at radius 3 is 2.24 bits per heavy atom. The maximum Gasteiger partial charge on any atom is 0.251 e. The van der Waals surface area contributed by atoms with Gasteiger partial charge in [0.05, 0.1) is 6.54 Å². The van der Waals surface area contributed by atoms with E-state index in [0.717, 1.165) is 5.56 Å². The fourth-order valence-corrected chi connectivity index (χ4v) is 1.75. The zero-order valence-electron chi connectivity index (χ0n) is 12.9. The van der Waals surface area contributed by atoms with Crippen LogP contribution in [0.2, 0.25) is 0 Å². The third-order valence-corrected chi connectivity index (χ3v) is 3.08. The third kappa shape index (κ3) is 5.95. The average molecular weight is 292 g/mol. The van der Waals surface area contributed by atoms with E-state index in [1.165, 1.54) is 0 Å². The number of carbonyl (C=O) groups is 2. The van der Waals surface area contributed by atoms with E-state index in [1.807, 2.05) is 12.1 Å². The van der Waals surface area contributed by atoms with Crippen molar-refractivity contribution < 1.29 is 14.7 Å². The van der Waals surface area contributed by atoms with Crippen LogP contribution in [0.5, 0.6) is 0 Å². The average Bonchev–Trinajstić information content (AvgIpc) is 2.44. The molecule has 0 fully saturated rings. The second-order valence-electron chi connectivity index (χ2n) is 5.94. The first-order valence-corrected chi connectivity index (χ1v) is 7.11. The molecule has 5 heteroatoms. The molecule has 0 spiro atoms. The quantitative estimate of drug-likeness (QED) is 0.690. The van der Waals surface area contributed by atoms with Gasteiger partial charge in [0.1, 0.15) is 0 Å². The normalized spacial score (nSPS) is 11.0. The van der Waals surface area contributed by atoms with Gasteiger partial charge in [-0.2, -0.15) is 0 Å². The Balaban J connectivity index is 2.47. The van der Waals surface area contributed by atoms with Crippen LogP contribution >= 0.6 is 0 Å². The van der Waals surface area contributed by atoms with Crippen molar-refractivity contribution in [3.05, 3.63) is 35.4 Å². The van der Waals surface area contributed by atoms with E-state index in [4.69, 9.17) is 5.11 Å². The van der Waals surface area contributed by atoms with Crippen LogP contribution in [0, 0.1) is 0 Å². The molecule has 0 bridgehead atoms. The molecular weight excluding hydrogens is 268 g/mol. The number of aliphatic hydroxyl groups is 1. The predicted molar refractivity (Wildman–Crippen MR) is 82.2 cm³/mol. The monoisotopic (exact) mass is 292 g/mol.